The zero-order chi connectivity index (χ0) is 13.9. The van der Waals surface area contributed by atoms with Gasteiger partial charge in [0.2, 0.25) is 0 Å². The summed E-state index contributed by atoms with van der Waals surface area (Å²) in [5.41, 5.74) is 1.71. The van der Waals surface area contributed by atoms with Crippen LogP contribution in [0, 0.1) is 12.8 Å². The highest BCUT2D eigenvalue weighted by Crippen LogP contribution is 2.26. The Balaban J connectivity index is 3.12. The molecule has 0 spiro atoms. The fraction of sp³-hybridized carbons (Fsp3) is 0.600. The number of carbonyl (C=O) groups excluding carboxylic acids is 2. The topological polar surface area (TPSA) is 47.3 Å². The molecule has 0 bridgehead atoms. The minimum absolute atomic E-state index is 0.0426. The van der Waals surface area contributed by atoms with Gasteiger partial charge in [-0.3, -0.25) is 4.79 Å². The van der Waals surface area contributed by atoms with Crippen LogP contribution in [-0.4, -0.2) is 11.6 Å². The largest absolute Gasteiger partial charge is 0.465 e. The molecule has 18 heavy (non-hydrogen) atoms. The van der Waals surface area contributed by atoms with E-state index in [4.69, 9.17) is 4.42 Å². The van der Waals surface area contributed by atoms with Gasteiger partial charge in [-0.2, -0.15) is 0 Å². The van der Waals surface area contributed by atoms with Gasteiger partial charge < -0.3 is 9.21 Å². The molecule has 0 N–H and O–H groups in total. The fourth-order valence-electron chi connectivity index (χ4n) is 2.23. The van der Waals surface area contributed by atoms with E-state index in [9.17, 15) is 9.59 Å². The number of furan rings is 1. The summed E-state index contributed by atoms with van der Waals surface area (Å²) in [6.45, 7) is 9.18. The summed E-state index contributed by atoms with van der Waals surface area (Å²) in [6.07, 6.45) is 1.88. The van der Waals surface area contributed by atoms with Crippen molar-refractivity contribution >= 4 is 11.6 Å². The van der Waals surface area contributed by atoms with Crippen molar-refractivity contribution in [3.63, 3.8) is 0 Å². The van der Waals surface area contributed by atoms with Gasteiger partial charge in [-0.05, 0) is 33.1 Å². The Morgan fingerprint density at radius 1 is 1.22 bits per heavy atom. The summed E-state index contributed by atoms with van der Waals surface area (Å²) >= 11 is 0. The van der Waals surface area contributed by atoms with Crippen molar-refractivity contribution < 1.29 is 14.0 Å². The first-order valence-electron chi connectivity index (χ1n) is 6.44. The van der Waals surface area contributed by atoms with Crippen LogP contribution in [0.1, 0.15) is 61.6 Å². The normalized spacial score (nSPS) is 11.0. The Morgan fingerprint density at radius 3 is 2.28 bits per heavy atom. The first-order valence-corrected chi connectivity index (χ1v) is 6.44. The number of rotatable bonds is 6. The van der Waals surface area contributed by atoms with Crippen molar-refractivity contribution in [2.75, 3.05) is 0 Å². The zero-order valence-electron chi connectivity index (χ0n) is 11.9. The number of hydrogen-bond donors (Lipinski definition) is 0. The van der Waals surface area contributed by atoms with Gasteiger partial charge >= 0.3 is 0 Å². The molecular formula is C15H22O3. The van der Waals surface area contributed by atoms with Crippen molar-refractivity contribution in [3.05, 3.63) is 22.6 Å². The number of ketones is 2. The maximum atomic E-state index is 11.7. The summed E-state index contributed by atoms with van der Waals surface area (Å²) in [5, 5.41) is 0. The maximum absolute atomic E-state index is 11.7. The molecule has 0 saturated carbocycles. The third-order valence-corrected chi connectivity index (χ3v) is 2.94. The average Bonchev–Trinajstić information content (AvgIpc) is 2.51. The van der Waals surface area contributed by atoms with Gasteiger partial charge in [0.15, 0.2) is 5.78 Å². The quantitative estimate of drug-likeness (QED) is 0.726. The van der Waals surface area contributed by atoms with Crippen molar-refractivity contribution in [2.24, 2.45) is 5.92 Å². The first-order chi connectivity index (χ1) is 8.32. The van der Waals surface area contributed by atoms with Crippen LogP contribution in [0.25, 0.3) is 0 Å². The fourth-order valence-corrected chi connectivity index (χ4v) is 2.23. The Hall–Kier alpha value is -1.38. The van der Waals surface area contributed by atoms with Gasteiger partial charge in [-0.15, -0.1) is 0 Å². The van der Waals surface area contributed by atoms with Crippen LogP contribution in [0.5, 0.6) is 0 Å². The number of aryl methyl sites for hydroxylation is 2. The Morgan fingerprint density at radius 2 is 1.83 bits per heavy atom. The first kappa shape index (κ1) is 14.7. The molecule has 0 radical (unpaired) electrons. The SMILES string of the molecule is CC(=O)CCc1oc(C)c(C(C)=O)c1CC(C)C. The highest BCUT2D eigenvalue weighted by molar-refractivity contribution is 5.96. The minimum Gasteiger partial charge on any atom is -0.465 e. The van der Waals surface area contributed by atoms with E-state index < -0.39 is 0 Å². The molecular weight excluding hydrogens is 228 g/mol. The molecule has 1 heterocycles. The molecule has 0 unspecified atom stereocenters. The highest BCUT2D eigenvalue weighted by atomic mass is 16.3. The Bertz CT molecular complexity index is 453. The maximum Gasteiger partial charge on any atom is 0.163 e. The molecule has 0 atom stereocenters. The van der Waals surface area contributed by atoms with Crippen molar-refractivity contribution in [3.8, 4) is 0 Å². The van der Waals surface area contributed by atoms with Crippen molar-refractivity contribution in [1.82, 2.24) is 0 Å². The molecule has 0 fully saturated rings. The molecule has 1 aromatic heterocycles. The van der Waals surface area contributed by atoms with Gasteiger partial charge in [0, 0.05) is 18.4 Å². The molecule has 0 amide bonds. The molecule has 0 aliphatic heterocycles. The molecule has 0 saturated heterocycles. The van der Waals surface area contributed by atoms with E-state index in [1.165, 1.54) is 0 Å². The Kier molecular flexibility index (Phi) is 4.88. The number of Topliss-reactive ketones (excluding diaryl/α,β-unsaturated/α-hetero) is 2. The van der Waals surface area contributed by atoms with Crippen molar-refractivity contribution in [2.45, 2.75) is 53.9 Å². The molecule has 1 aromatic rings. The molecule has 100 valence electrons. The lowest BCUT2D eigenvalue weighted by molar-refractivity contribution is -0.117. The molecule has 1 rings (SSSR count). The van der Waals surface area contributed by atoms with E-state index in [2.05, 4.69) is 13.8 Å². The summed E-state index contributed by atoms with van der Waals surface area (Å²) in [4.78, 5) is 22.8. The summed E-state index contributed by atoms with van der Waals surface area (Å²) in [5.74, 6) is 2.12. The van der Waals surface area contributed by atoms with Crippen LogP contribution in [0.2, 0.25) is 0 Å². The lowest BCUT2D eigenvalue weighted by Gasteiger charge is -2.07. The second kappa shape index (κ2) is 5.98. The van der Waals surface area contributed by atoms with E-state index in [0.29, 0.717) is 30.1 Å². The highest BCUT2D eigenvalue weighted by Gasteiger charge is 2.21. The predicted octanol–water partition coefficient (Wildman–Crippen LogP) is 3.51. The molecule has 3 nitrogen and oxygen atoms in total. The number of carbonyl (C=O) groups is 2. The van der Waals surface area contributed by atoms with E-state index in [-0.39, 0.29) is 11.6 Å². The van der Waals surface area contributed by atoms with Gasteiger partial charge in [0.25, 0.3) is 0 Å². The van der Waals surface area contributed by atoms with E-state index >= 15 is 0 Å². The third-order valence-electron chi connectivity index (χ3n) is 2.94. The standard InChI is InChI=1S/C15H22O3/c1-9(2)8-13-14(7-6-10(3)16)18-12(5)15(13)11(4)17/h9H,6-8H2,1-5H3. The van der Waals surface area contributed by atoms with Crippen LogP contribution in [-0.2, 0) is 17.6 Å². The molecule has 0 aliphatic rings. The number of hydrogen-bond acceptors (Lipinski definition) is 3. The predicted molar refractivity (Wildman–Crippen MR) is 71.0 cm³/mol. The van der Waals surface area contributed by atoms with Gasteiger partial charge in [-0.1, -0.05) is 13.8 Å². The average molecular weight is 250 g/mol. The van der Waals surface area contributed by atoms with Gasteiger partial charge in [0.1, 0.15) is 17.3 Å². The molecule has 3 heteroatoms. The smallest absolute Gasteiger partial charge is 0.163 e. The van der Waals surface area contributed by atoms with Gasteiger partial charge in [-0.25, -0.2) is 0 Å². The summed E-state index contributed by atoms with van der Waals surface area (Å²) in [6, 6.07) is 0. The van der Waals surface area contributed by atoms with Crippen LogP contribution in [0.15, 0.2) is 4.42 Å². The third kappa shape index (κ3) is 3.56. The van der Waals surface area contributed by atoms with E-state index in [1.807, 2.05) is 6.92 Å². The lowest BCUT2D eigenvalue weighted by Crippen LogP contribution is -2.04. The van der Waals surface area contributed by atoms with E-state index in [1.54, 1.807) is 13.8 Å². The second-order valence-electron chi connectivity index (χ2n) is 5.29. The zero-order valence-corrected chi connectivity index (χ0v) is 11.9. The Labute approximate surface area is 109 Å². The minimum atomic E-state index is 0.0426. The van der Waals surface area contributed by atoms with Crippen LogP contribution in [0.4, 0.5) is 0 Å². The summed E-state index contributed by atoms with van der Waals surface area (Å²) in [7, 11) is 0. The monoisotopic (exact) mass is 250 g/mol. The van der Waals surface area contributed by atoms with Crippen molar-refractivity contribution in [1.29, 1.82) is 0 Å². The second-order valence-corrected chi connectivity index (χ2v) is 5.29. The van der Waals surface area contributed by atoms with Gasteiger partial charge in [0.05, 0.1) is 5.56 Å². The summed E-state index contributed by atoms with van der Waals surface area (Å²) < 4.78 is 5.69. The van der Waals surface area contributed by atoms with Crippen LogP contribution < -0.4 is 0 Å². The van der Waals surface area contributed by atoms with Crippen LogP contribution >= 0.6 is 0 Å². The lowest BCUT2D eigenvalue weighted by atomic mass is 9.95. The van der Waals surface area contributed by atoms with Crippen LogP contribution in [0.3, 0.4) is 0 Å². The molecule has 0 aromatic carbocycles. The van der Waals surface area contributed by atoms with E-state index in [0.717, 1.165) is 17.7 Å². The molecule has 0 aliphatic carbocycles.